The van der Waals surface area contributed by atoms with Crippen molar-refractivity contribution in [2.75, 3.05) is 0 Å². The van der Waals surface area contributed by atoms with Gasteiger partial charge in [-0.3, -0.25) is 0 Å². The summed E-state index contributed by atoms with van der Waals surface area (Å²) in [4.78, 5) is 10.5. The van der Waals surface area contributed by atoms with Gasteiger partial charge in [-0.15, -0.1) is 0 Å². The summed E-state index contributed by atoms with van der Waals surface area (Å²) in [6.07, 6.45) is 0. The van der Waals surface area contributed by atoms with Crippen molar-refractivity contribution >= 4 is 76.1 Å². The molecule has 0 atom stereocenters. The first-order valence-electron chi connectivity index (χ1n) is 16.7. The van der Waals surface area contributed by atoms with E-state index in [1.807, 2.05) is 18.2 Å². The molecule has 226 valence electrons. The first kappa shape index (κ1) is 26.5. The van der Waals surface area contributed by atoms with Crippen LogP contribution in [0.3, 0.4) is 0 Å². The quantitative estimate of drug-likeness (QED) is 0.184. The summed E-state index contributed by atoms with van der Waals surface area (Å²) in [7, 11) is 0. The summed E-state index contributed by atoms with van der Waals surface area (Å²) in [6.45, 7) is 0. The largest absolute Gasteiger partial charge is 0.456 e. The molecule has 0 radical (unpaired) electrons. The van der Waals surface area contributed by atoms with E-state index in [0.29, 0.717) is 0 Å². The predicted octanol–water partition coefficient (Wildman–Crippen LogP) is 12.6. The highest BCUT2D eigenvalue weighted by molar-refractivity contribution is 6.27. The van der Waals surface area contributed by atoms with Crippen molar-refractivity contribution in [3.8, 4) is 33.6 Å². The Morgan fingerprint density at radius 1 is 0.347 bits per heavy atom. The molecule has 49 heavy (non-hydrogen) atoms. The lowest BCUT2D eigenvalue weighted by molar-refractivity contribution is 0.669. The van der Waals surface area contributed by atoms with Crippen LogP contribution in [0.25, 0.3) is 110 Å². The number of rotatable bonds is 3. The number of aromatic nitrogens is 2. The van der Waals surface area contributed by atoms with Crippen molar-refractivity contribution in [2.24, 2.45) is 0 Å². The zero-order valence-corrected chi connectivity index (χ0v) is 26.3. The molecule has 3 heterocycles. The van der Waals surface area contributed by atoms with Gasteiger partial charge in [-0.2, -0.15) is 0 Å². The number of nitrogens with zero attached hydrogens (tertiary/aromatic N) is 2. The fourth-order valence-electron chi connectivity index (χ4n) is 7.86. The lowest BCUT2D eigenvalue weighted by atomic mass is 9.87. The molecule has 0 fully saturated rings. The van der Waals surface area contributed by atoms with E-state index in [1.54, 1.807) is 0 Å². The summed E-state index contributed by atoms with van der Waals surface area (Å²) >= 11 is 0. The van der Waals surface area contributed by atoms with E-state index in [1.165, 1.54) is 43.4 Å². The van der Waals surface area contributed by atoms with Crippen LogP contribution < -0.4 is 0 Å². The van der Waals surface area contributed by atoms with E-state index in [-0.39, 0.29) is 0 Å². The highest BCUT2D eigenvalue weighted by Gasteiger charge is 2.17. The van der Waals surface area contributed by atoms with E-state index in [0.717, 1.165) is 66.3 Å². The number of fused-ring (bicyclic) bond motifs is 6. The second kappa shape index (κ2) is 9.96. The molecule has 3 heteroatoms. The maximum absolute atomic E-state index is 6.15. The minimum atomic E-state index is 0.912. The number of furan rings is 1. The van der Waals surface area contributed by atoms with Gasteiger partial charge in [-0.1, -0.05) is 127 Å². The van der Waals surface area contributed by atoms with Gasteiger partial charge >= 0.3 is 0 Å². The molecule has 0 N–H and O–H groups in total. The zero-order chi connectivity index (χ0) is 32.1. The third-order valence-electron chi connectivity index (χ3n) is 10.2. The van der Waals surface area contributed by atoms with Gasteiger partial charge in [0.2, 0.25) is 0 Å². The lowest BCUT2D eigenvalue weighted by Crippen LogP contribution is -1.93. The molecule has 0 saturated carbocycles. The fourth-order valence-corrected chi connectivity index (χ4v) is 7.86. The monoisotopic (exact) mass is 622 g/mol. The second-order valence-corrected chi connectivity index (χ2v) is 12.9. The molecule has 0 amide bonds. The Balaban J connectivity index is 1.12. The summed E-state index contributed by atoms with van der Waals surface area (Å²) in [5.41, 5.74) is 10.2. The molecule has 11 aromatic rings. The third kappa shape index (κ3) is 3.90. The number of hydrogen-bond acceptors (Lipinski definition) is 3. The van der Waals surface area contributed by atoms with E-state index >= 15 is 0 Å². The standard InChI is InChI=1S/C46H26N2O/c1-2-6-27(7-3-1)39-23-16-30-10-11-31-17-24-40(48-46(31)45(30)47-39)34-20-13-29-14-21-36-33(19-12-28-15-22-37(34)44(29)43(28)36)32-18-25-42-38(26-32)35-8-4-5-9-41(35)49-42/h1-26H. The van der Waals surface area contributed by atoms with Crippen molar-refractivity contribution in [2.45, 2.75) is 0 Å². The second-order valence-electron chi connectivity index (χ2n) is 12.9. The SMILES string of the molecule is c1ccc(-c2ccc3ccc4ccc(-c5ccc6ccc7c(-c8ccc9oc%10ccccc%10c9c8)ccc8ccc5c6c87)nc4c3n2)cc1. The average molecular weight is 623 g/mol. The molecule has 0 saturated heterocycles. The summed E-state index contributed by atoms with van der Waals surface area (Å²) < 4.78 is 6.15. The maximum atomic E-state index is 6.15. The first-order chi connectivity index (χ1) is 24.3. The van der Waals surface area contributed by atoms with E-state index in [9.17, 15) is 0 Å². The minimum absolute atomic E-state index is 0.912. The third-order valence-corrected chi connectivity index (χ3v) is 10.2. The predicted molar refractivity (Wildman–Crippen MR) is 204 cm³/mol. The van der Waals surface area contributed by atoms with Crippen molar-refractivity contribution in [1.82, 2.24) is 9.97 Å². The van der Waals surface area contributed by atoms with E-state index < -0.39 is 0 Å². The van der Waals surface area contributed by atoms with Crippen LogP contribution >= 0.6 is 0 Å². The topological polar surface area (TPSA) is 38.9 Å². The molecule has 3 nitrogen and oxygen atoms in total. The molecule has 0 aliphatic carbocycles. The Kier molecular flexibility index (Phi) is 5.38. The summed E-state index contributed by atoms with van der Waals surface area (Å²) in [5.74, 6) is 0. The van der Waals surface area contributed by atoms with Gasteiger partial charge in [-0.25, -0.2) is 9.97 Å². The summed E-state index contributed by atoms with van der Waals surface area (Å²) in [5, 5.41) is 11.9. The van der Waals surface area contributed by atoms with Crippen LogP contribution in [0.2, 0.25) is 0 Å². The molecule has 3 aromatic heterocycles. The van der Waals surface area contributed by atoms with Crippen molar-refractivity contribution in [3.63, 3.8) is 0 Å². The Labute approximate surface area is 281 Å². The molecule has 8 aromatic carbocycles. The van der Waals surface area contributed by atoms with E-state index in [2.05, 4.69) is 140 Å². The molecule has 0 unspecified atom stereocenters. The highest BCUT2D eigenvalue weighted by atomic mass is 16.3. The fraction of sp³-hybridized carbons (Fsp3) is 0. The van der Waals surface area contributed by atoms with Gasteiger partial charge in [0.1, 0.15) is 11.2 Å². The van der Waals surface area contributed by atoms with Crippen LogP contribution in [0.1, 0.15) is 0 Å². The van der Waals surface area contributed by atoms with Crippen LogP contribution in [-0.4, -0.2) is 9.97 Å². The van der Waals surface area contributed by atoms with Gasteiger partial charge in [-0.05, 0) is 73.8 Å². The Morgan fingerprint density at radius 2 is 0.918 bits per heavy atom. The first-order valence-corrected chi connectivity index (χ1v) is 16.7. The molecule has 0 aliphatic heterocycles. The van der Waals surface area contributed by atoms with Crippen LogP contribution in [0.4, 0.5) is 0 Å². The smallest absolute Gasteiger partial charge is 0.135 e. The number of pyridine rings is 2. The Morgan fingerprint density at radius 3 is 1.69 bits per heavy atom. The van der Waals surface area contributed by atoms with Gasteiger partial charge in [0.05, 0.1) is 22.4 Å². The molecule has 0 spiro atoms. The van der Waals surface area contributed by atoms with Gasteiger partial charge in [0.15, 0.2) is 0 Å². The van der Waals surface area contributed by atoms with Crippen molar-refractivity contribution < 1.29 is 4.42 Å². The van der Waals surface area contributed by atoms with Crippen LogP contribution in [0.15, 0.2) is 162 Å². The molecule has 0 bridgehead atoms. The minimum Gasteiger partial charge on any atom is -0.456 e. The van der Waals surface area contributed by atoms with Crippen molar-refractivity contribution in [3.05, 3.63) is 158 Å². The molecular weight excluding hydrogens is 597 g/mol. The number of benzene rings is 8. The van der Waals surface area contributed by atoms with Crippen LogP contribution in [0.5, 0.6) is 0 Å². The van der Waals surface area contributed by atoms with Gasteiger partial charge < -0.3 is 4.42 Å². The lowest BCUT2D eigenvalue weighted by Gasteiger charge is -2.16. The molecule has 11 rings (SSSR count). The Bertz CT molecular complexity index is 3100. The molecule has 0 aliphatic rings. The highest BCUT2D eigenvalue weighted by Crippen LogP contribution is 2.43. The average Bonchev–Trinajstić information content (AvgIpc) is 3.55. The molecular formula is C46H26N2O. The number of para-hydroxylation sites is 1. The maximum Gasteiger partial charge on any atom is 0.135 e. The normalized spacial score (nSPS) is 12.1. The van der Waals surface area contributed by atoms with Crippen LogP contribution in [0, 0.1) is 0 Å². The van der Waals surface area contributed by atoms with E-state index in [4.69, 9.17) is 14.4 Å². The van der Waals surface area contributed by atoms with Crippen molar-refractivity contribution in [1.29, 1.82) is 0 Å². The van der Waals surface area contributed by atoms with Gasteiger partial charge in [0, 0.05) is 32.7 Å². The Hall–Kier alpha value is -6.58. The zero-order valence-electron chi connectivity index (χ0n) is 26.3. The van der Waals surface area contributed by atoms with Gasteiger partial charge in [0.25, 0.3) is 0 Å². The van der Waals surface area contributed by atoms with Crippen LogP contribution in [-0.2, 0) is 0 Å². The number of hydrogen-bond donors (Lipinski definition) is 0. The summed E-state index contributed by atoms with van der Waals surface area (Å²) in [6, 6.07) is 56.1.